The number of rotatable bonds is 7. The largest absolute Gasteiger partial charge is 0.493 e. The zero-order valence-electron chi connectivity index (χ0n) is 12.3. The molecule has 5 nitrogen and oxygen atoms in total. The summed E-state index contributed by atoms with van der Waals surface area (Å²) in [7, 11) is 0. The van der Waals surface area contributed by atoms with Crippen LogP contribution in [0.5, 0.6) is 5.75 Å². The second-order valence-corrected chi connectivity index (χ2v) is 4.51. The molecule has 0 bridgehead atoms. The highest BCUT2D eigenvalue weighted by Gasteiger charge is 2.45. The smallest absolute Gasteiger partial charge is 0.279 e. The second kappa shape index (κ2) is 6.24. The van der Waals surface area contributed by atoms with Crippen molar-refractivity contribution in [2.24, 2.45) is 0 Å². The lowest BCUT2D eigenvalue weighted by molar-refractivity contribution is -0.249. The quantitative estimate of drug-likeness (QED) is 0.752. The SMILES string of the molecule is CCCOc1cccc2c1C(=N)NC2(OCC)OCC. The first kappa shape index (κ1) is 14.8. The van der Waals surface area contributed by atoms with Gasteiger partial charge in [0.15, 0.2) is 0 Å². The van der Waals surface area contributed by atoms with Gasteiger partial charge in [-0.15, -0.1) is 0 Å². The third-order valence-electron chi connectivity index (χ3n) is 3.08. The van der Waals surface area contributed by atoms with Crippen LogP contribution in [0.3, 0.4) is 0 Å². The number of amidine groups is 1. The average Bonchev–Trinajstić information content (AvgIpc) is 2.71. The topological polar surface area (TPSA) is 63.6 Å². The molecule has 5 heteroatoms. The first-order valence-corrected chi connectivity index (χ1v) is 7.09. The Kier molecular flexibility index (Phi) is 4.62. The van der Waals surface area contributed by atoms with Gasteiger partial charge in [0.2, 0.25) is 0 Å². The summed E-state index contributed by atoms with van der Waals surface area (Å²) in [5, 5.41) is 11.2. The van der Waals surface area contributed by atoms with Crippen molar-refractivity contribution in [1.82, 2.24) is 5.32 Å². The van der Waals surface area contributed by atoms with Crippen LogP contribution in [0, 0.1) is 5.41 Å². The van der Waals surface area contributed by atoms with Crippen LogP contribution in [0.15, 0.2) is 18.2 Å². The Labute approximate surface area is 119 Å². The summed E-state index contributed by atoms with van der Waals surface area (Å²) in [6.45, 7) is 7.46. The van der Waals surface area contributed by atoms with Gasteiger partial charge in [-0.1, -0.05) is 19.1 Å². The van der Waals surface area contributed by atoms with E-state index in [9.17, 15) is 0 Å². The highest BCUT2D eigenvalue weighted by atomic mass is 16.7. The van der Waals surface area contributed by atoms with Crippen molar-refractivity contribution in [3.63, 3.8) is 0 Å². The number of hydrogen-bond donors (Lipinski definition) is 2. The van der Waals surface area contributed by atoms with Gasteiger partial charge >= 0.3 is 0 Å². The number of benzene rings is 1. The van der Waals surface area contributed by atoms with Crippen LogP contribution in [-0.4, -0.2) is 25.7 Å². The minimum atomic E-state index is -1.07. The van der Waals surface area contributed by atoms with E-state index in [-0.39, 0.29) is 5.84 Å². The Morgan fingerprint density at radius 2 is 1.85 bits per heavy atom. The van der Waals surface area contributed by atoms with Gasteiger partial charge in [0.1, 0.15) is 11.6 Å². The molecule has 0 aliphatic carbocycles. The van der Waals surface area contributed by atoms with Gasteiger partial charge in [0.05, 0.1) is 12.2 Å². The van der Waals surface area contributed by atoms with Gasteiger partial charge < -0.3 is 19.5 Å². The fourth-order valence-corrected chi connectivity index (χ4v) is 2.37. The number of hydrogen-bond acceptors (Lipinski definition) is 4. The molecule has 0 fully saturated rings. The van der Waals surface area contributed by atoms with Crippen LogP contribution in [0.4, 0.5) is 0 Å². The lowest BCUT2D eigenvalue weighted by Crippen LogP contribution is -2.44. The molecule has 1 aromatic rings. The molecule has 2 rings (SSSR count). The Bertz CT molecular complexity index is 482. The highest BCUT2D eigenvalue weighted by molar-refractivity contribution is 6.03. The molecule has 0 amide bonds. The predicted octanol–water partition coefficient (Wildman–Crippen LogP) is 2.59. The summed E-state index contributed by atoms with van der Waals surface area (Å²) in [5.41, 5.74) is 1.53. The summed E-state index contributed by atoms with van der Waals surface area (Å²) in [5.74, 6) is -0.0988. The van der Waals surface area contributed by atoms with E-state index in [0.717, 1.165) is 17.5 Å². The molecule has 0 spiro atoms. The van der Waals surface area contributed by atoms with E-state index in [1.807, 2.05) is 32.0 Å². The van der Waals surface area contributed by atoms with Crippen LogP contribution in [0.2, 0.25) is 0 Å². The van der Waals surface area contributed by atoms with Crippen LogP contribution in [0.25, 0.3) is 0 Å². The molecule has 1 aliphatic rings. The van der Waals surface area contributed by atoms with Crippen molar-refractivity contribution < 1.29 is 14.2 Å². The number of fused-ring (bicyclic) bond motifs is 1. The maximum Gasteiger partial charge on any atom is 0.279 e. The molecule has 0 unspecified atom stereocenters. The van der Waals surface area contributed by atoms with Crippen molar-refractivity contribution in [1.29, 1.82) is 5.41 Å². The van der Waals surface area contributed by atoms with Crippen molar-refractivity contribution >= 4 is 5.84 Å². The van der Waals surface area contributed by atoms with Gasteiger partial charge in [-0.2, -0.15) is 0 Å². The fraction of sp³-hybridized carbons (Fsp3) is 0.533. The van der Waals surface area contributed by atoms with Crippen LogP contribution >= 0.6 is 0 Å². The third kappa shape index (κ3) is 2.51. The lowest BCUT2D eigenvalue weighted by Gasteiger charge is -2.29. The summed E-state index contributed by atoms with van der Waals surface area (Å²) in [4.78, 5) is 0. The summed E-state index contributed by atoms with van der Waals surface area (Å²) >= 11 is 0. The van der Waals surface area contributed by atoms with Crippen LogP contribution in [-0.2, 0) is 15.4 Å². The molecule has 2 N–H and O–H groups in total. The van der Waals surface area contributed by atoms with Crippen LogP contribution in [0.1, 0.15) is 38.3 Å². The van der Waals surface area contributed by atoms with Crippen molar-refractivity contribution in [2.75, 3.05) is 19.8 Å². The van der Waals surface area contributed by atoms with E-state index in [0.29, 0.717) is 25.6 Å². The number of nitrogens with one attached hydrogen (secondary N) is 2. The molecular formula is C15H22N2O3. The van der Waals surface area contributed by atoms with E-state index in [1.165, 1.54) is 0 Å². The van der Waals surface area contributed by atoms with E-state index in [2.05, 4.69) is 12.2 Å². The molecule has 110 valence electrons. The summed E-state index contributed by atoms with van der Waals surface area (Å²) in [6.07, 6.45) is 0.923. The first-order chi connectivity index (χ1) is 9.68. The molecule has 20 heavy (non-hydrogen) atoms. The monoisotopic (exact) mass is 278 g/mol. The third-order valence-corrected chi connectivity index (χ3v) is 3.08. The van der Waals surface area contributed by atoms with Gasteiger partial charge in [-0.3, -0.25) is 5.41 Å². The minimum absolute atomic E-state index is 0.272. The predicted molar refractivity (Wildman–Crippen MR) is 77.1 cm³/mol. The number of ether oxygens (including phenoxy) is 3. The van der Waals surface area contributed by atoms with Gasteiger partial charge in [-0.05, 0) is 26.3 Å². The fourth-order valence-electron chi connectivity index (χ4n) is 2.37. The highest BCUT2D eigenvalue weighted by Crippen LogP contribution is 2.38. The van der Waals surface area contributed by atoms with Gasteiger partial charge in [-0.25, -0.2) is 0 Å². The first-order valence-electron chi connectivity index (χ1n) is 7.09. The molecule has 1 aromatic carbocycles. The molecule has 1 heterocycles. The van der Waals surface area contributed by atoms with Crippen molar-refractivity contribution in [2.45, 2.75) is 33.1 Å². The van der Waals surface area contributed by atoms with Gasteiger partial charge in [0, 0.05) is 18.8 Å². The zero-order chi connectivity index (χ0) is 14.6. The second-order valence-electron chi connectivity index (χ2n) is 4.51. The molecular weight excluding hydrogens is 256 g/mol. The molecule has 0 aromatic heterocycles. The van der Waals surface area contributed by atoms with Crippen molar-refractivity contribution in [3.05, 3.63) is 29.3 Å². The maximum atomic E-state index is 8.17. The van der Waals surface area contributed by atoms with Crippen LogP contribution < -0.4 is 10.1 Å². The van der Waals surface area contributed by atoms with E-state index in [4.69, 9.17) is 19.6 Å². The Balaban J connectivity index is 2.44. The average molecular weight is 278 g/mol. The molecule has 0 radical (unpaired) electrons. The molecule has 1 aliphatic heterocycles. The van der Waals surface area contributed by atoms with E-state index in [1.54, 1.807) is 0 Å². The summed E-state index contributed by atoms with van der Waals surface area (Å²) < 4.78 is 17.2. The Hall–Kier alpha value is -1.59. The molecule has 0 saturated carbocycles. The lowest BCUT2D eigenvalue weighted by atomic mass is 10.1. The van der Waals surface area contributed by atoms with Gasteiger partial charge in [0.25, 0.3) is 5.91 Å². The van der Waals surface area contributed by atoms with E-state index < -0.39 is 5.91 Å². The Morgan fingerprint density at radius 3 is 2.45 bits per heavy atom. The van der Waals surface area contributed by atoms with Crippen molar-refractivity contribution in [3.8, 4) is 5.75 Å². The van der Waals surface area contributed by atoms with E-state index >= 15 is 0 Å². The molecule has 0 atom stereocenters. The maximum absolute atomic E-state index is 8.17. The zero-order valence-corrected chi connectivity index (χ0v) is 12.3. The summed E-state index contributed by atoms with van der Waals surface area (Å²) in [6, 6.07) is 5.68. The standard InChI is InChI=1S/C15H22N2O3/c1-4-10-18-12-9-7-8-11-13(12)14(16)17-15(11,19-5-2)20-6-3/h7-9H,4-6,10H2,1-3H3,(H2,16,17). The molecule has 0 saturated heterocycles. The normalized spacial score (nSPS) is 15.8. The minimum Gasteiger partial charge on any atom is -0.493 e. The Morgan fingerprint density at radius 1 is 1.15 bits per heavy atom.